The highest BCUT2D eigenvalue weighted by molar-refractivity contribution is 6.30. The third-order valence-corrected chi connectivity index (χ3v) is 3.60. The van der Waals surface area contributed by atoms with Crippen LogP contribution in [0.3, 0.4) is 0 Å². The molecular formula is C15H21ClN2O3. The Bertz CT molecular complexity index is 476. The van der Waals surface area contributed by atoms with Gasteiger partial charge in [-0.3, -0.25) is 4.79 Å². The number of carboxylic acid groups (broad SMARTS) is 1. The van der Waals surface area contributed by atoms with Crippen LogP contribution in [0, 0.1) is 0 Å². The fourth-order valence-corrected chi connectivity index (χ4v) is 1.99. The van der Waals surface area contributed by atoms with Crippen LogP contribution in [0.5, 0.6) is 0 Å². The first kappa shape index (κ1) is 17.3. The van der Waals surface area contributed by atoms with Gasteiger partial charge in [0.2, 0.25) is 0 Å². The minimum Gasteiger partial charge on any atom is -0.481 e. The second-order valence-corrected chi connectivity index (χ2v) is 5.36. The van der Waals surface area contributed by atoms with Crippen LogP contribution in [0.15, 0.2) is 24.3 Å². The van der Waals surface area contributed by atoms with Crippen molar-refractivity contribution in [1.82, 2.24) is 10.2 Å². The van der Waals surface area contributed by atoms with Crippen molar-refractivity contribution in [1.29, 1.82) is 0 Å². The molecule has 2 amide bonds. The van der Waals surface area contributed by atoms with Gasteiger partial charge in [0.1, 0.15) is 0 Å². The predicted molar refractivity (Wildman–Crippen MR) is 82.5 cm³/mol. The molecule has 1 rings (SSSR count). The third kappa shape index (κ3) is 6.04. The van der Waals surface area contributed by atoms with E-state index in [-0.39, 0.29) is 18.5 Å². The fourth-order valence-electron chi connectivity index (χ4n) is 1.86. The van der Waals surface area contributed by atoms with Gasteiger partial charge in [0.05, 0.1) is 6.04 Å². The van der Waals surface area contributed by atoms with Gasteiger partial charge >= 0.3 is 12.0 Å². The third-order valence-electron chi connectivity index (χ3n) is 3.35. The number of amides is 2. The number of benzene rings is 1. The van der Waals surface area contributed by atoms with Crippen molar-refractivity contribution >= 4 is 23.6 Å². The Morgan fingerprint density at radius 3 is 2.48 bits per heavy atom. The Hall–Kier alpha value is -1.75. The lowest BCUT2D eigenvalue weighted by molar-refractivity contribution is -0.137. The standard InChI is InChI=1S/C15H21ClN2O3/c1-11(12-6-8-13(16)9-7-12)18(2)15(21)17-10-4-3-5-14(19)20/h6-9,11H,3-5,10H2,1-2H3,(H,17,21)(H,19,20). The maximum absolute atomic E-state index is 12.0. The van der Waals surface area contributed by atoms with Gasteiger partial charge < -0.3 is 15.3 Å². The number of aliphatic carboxylic acids is 1. The molecule has 2 N–H and O–H groups in total. The van der Waals surface area contributed by atoms with Crippen molar-refractivity contribution in [2.45, 2.75) is 32.2 Å². The summed E-state index contributed by atoms with van der Waals surface area (Å²) in [5, 5.41) is 12.0. The van der Waals surface area contributed by atoms with Crippen molar-refractivity contribution in [3.8, 4) is 0 Å². The highest BCUT2D eigenvalue weighted by atomic mass is 35.5. The van der Waals surface area contributed by atoms with Crippen LogP contribution in [-0.4, -0.2) is 35.6 Å². The van der Waals surface area contributed by atoms with Crippen LogP contribution in [0.1, 0.15) is 37.8 Å². The second kappa shape index (κ2) is 8.52. The van der Waals surface area contributed by atoms with Crippen LogP contribution in [-0.2, 0) is 4.79 Å². The fraction of sp³-hybridized carbons (Fsp3) is 0.467. The Labute approximate surface area is 129 Å². The number of halogens is 1. The Kier molecular flexibility index (Phi) is 7.02. The van der Waals surface area contributed by atoms with Crippen molar-refractivity contribution in [2.24, 2.45) is 0 Å². The minimum absolute atomic E-state index is 0.0683. The maximum Gasteiger partial charge on any atom is 0.317 e. The molecule has 116 valence electrons. The van der Waals surface area contributed by atoms with Crippen molar-refractivity contribution < 1.29 is 14.7 Å². The summed E-state index contributed by atoms with van der Waals surface area (Å²) in [7, 11) is 1.73. The summed E-state index contributed by atoms with van der Waals surface area (Å²) in [6.07, 6.45) is 1.35. The first-order valence-electron chi connectivity index (χ1n) is 6.89. The molecule has 0 saturated carbocycles. The largest absolute Gasteiger partial charge is 0.481 e. The number of urea groups is 1. The zero-order valence-corrected chi connectivity index (χ0v) is 13.1. The van der Waals surface area contributed by atoms with E-state index in [4.69, 9.17) is 16.7 Å². The maximum atomic E-state index is 12.0. The lowest BCUT2D eigenvalue weighted by atomic mass is 10.1. The SMILES string of the molecule is CC(c1ccc(Cl)cc1)N(C)C(=O)NCCCCC(=O)O. The van der Waals surface area contributed by atoms with Crippen LogP contribution in [0.4, 0.5) is 4.79 Å². The number of nitrogens with zero attached hydrogens (tertiary/aromatic N) is 1. The van der Waals surface area contributed by atoms with Gasteiger partial charge in [0.15, 0.2) is 0 Å². The normalized spacial score (nSPS) is 11.8. The van der Waals surface area contributed by atoms with Crippen molar-refractivity contribution in [3.63, 3.8) is 0 Å². The molecule has 1 aromatic rings. The predicted octanol–water partition coefficient (Wildman–Crippen LogP) is 3.30. The number of rotatable bonds is 7. The zero-order chi connectivity index (χ0) is 15.8. The summed E-state index contributed by atoms with van der Waals surface area (Å²) < 4.78 is 0. The first-order chi connectivity index (χ1) is 9.91. The molecule has 6 heteroatoms. The van der Waals surface area contributed by atoms with Crippen LogP contribution in [0.25, 0.3) is 0 Å². The lowest BCUT2D eigenvalue weighted by Gasteiger charge is -2.25. The summed E-state index contributed by atoms with van der Waals surface area (Å²) in [6, 6.07) is 7.14. The van der Waals surface area contributed by atoms with E-state index in [2.05, 4.69) is 5.32 Å². The summed E-state index contributed by atoms with van der Waals surface area (Å²) >= 11 is 5.84. The number of hydrogen-bond donors (Lipinski definition) is 2. The average molecular weight is 313 g/mol. The molecule has 0 heterocycles. The number of carboxylic acids is 1. The second-order valence-electron chi connectivity index (χ2n) is 4.92. The molecule has 1 unspecified atom stereocenters. The van der Waals surface area contributed by atoms with Gasteiger partial charge in [-0.2, -0.15) is 0 Å². The minimum atomic E-state index is -0.810. The molecular weight excluding hydrogens is 292 g/mol. The topological polar surface area (TPSA) is 69.6 Å². The molecule has 1 atom stereocenters. The van der Waals surface area contributed by atoms with Gasteiger partial charge in [0.25, 0.3) is 0 Å². The highest BCUT2D eigenvalue weighted by Crippen LogP contribution is 2.20. The molecule has 0 aliphatic carbocycles. The smallest absolute Gasteiger partial charge is 0.317 e. The quantitative estimate of drug-likeness (QED) is 0.759. The van der Waals surface area contributed by atoms with E-state index in [9.17, 15) is 9.59 Å². The van der Waals surface area contributed by atoms with Gasteiger partial charge in [-0.1, -0.05) is 23.7 Å². The highest BCUT2D eigenvalue weighted by Gasteiger charge is 2.16. The number of nitrogens with one attached hydrogen (secondary N) is 1. The van der Waals surface area contributed by atoms with Gasteiger partial charge in [-0.15, -0.1) is 0 Å². The van der Waals surface area contributed by atoms with Crippen LogP contribution < -0.4 is 5.32 Å². The molecule has 0 radical (unpaired) electrons. The zero-order valence-electron chi connectivity index (χ0n) is 12.3. The molecule has 0 saturated heterocycles. The number of carbonyl (C=O) groups excluding carboxylic acids is 1. The molecule has 21 heavy (non-hydrogen) atoms. The molecule has 0 fully saturated rings. The van der Waals surface area contributed by atoms with E-state index in [1.807, 2.05) is 19.1 Å². The van der Waals surface area contributed by atoms with Crippen molar-refractivity contribution in [2.75, 3.05) is 13.6 Å². The average Bonchev–Trinajstić information content (AvgIpc) is 2.45. The molecule has 0 aliphatic rings. The first-order valence-corrected chi connectivity index (χ1v) is 7.27. The molecule has 0 spiro atoms. The molecule has 0 aromatic heterocycles. The van der Waals surface area contributed by atoms with Crippen LogP contribution in [0.2, 0.25) is 5.02 Å². The van der Waals surface area contributed by atoms with E-state index < -0.39 is 5.97 Å². The van der Waals surface area contributed by atoms with Crippen molar-refractivity contribution in [3.05, 3.63) is 34.9 Å². The summed E-state index contributed by atoms with van der Waals surface area (Å²) in [4.78, 5) is 24.0. The Morgan fingerprint density at radius 1 is 1.29 bits per heavy atom. The number of carbonyl (C=O) groups is 2. The van der Waals surface area contributed by atoms with Gasteiger partial charge in [0, 0.05) is 25.0 Å². The van der Waals surface area contributed by atoms with Gasteiger partial charge in [-0.05, 0) is 37.5 Å². The summed E-state index contributed by atoms with van der Waals surface area (Å²) in [5.74, 6) is -0.810. The summed E-state index contributed by atoms with van der Waals surface area (Å²) in [6.45, 7) is 2.41. The van der Waals surface area contributed by atoms with E-state index in [0.29, 0.717) is 24.4 Å². The van der Waals surface area contributed by atoms with E-state index >= 15 is 0 Å². The van der Waals surface area contributed by atoms with E-state index in [1.54, 1.807) is 24.1 Å². The molecule has 1 aromatic carbocycles. The monoisotopic (exact) mass is 312 g/mol. The molecule has 5 nitrogen and oxygen atoms in total. The Balaban J connectivity index is 2.39. The Morgan fingerprint density at radius 2 is 1.90 bits per heavy atom. The molecule has 0 bridgehead atoms. The lowest BCUT2D eigenvalue weighted by Crippen LogP contribution is -2.39. The number of unbranched alkanes of at least 4 members (excludes halogenated alkanes) is 1. The van der Waals surface area contributed by atoms with E-state index in [0.717, 1.165) is 5.56 Å². The number of hydrogen-bond acceptors (Lipinski definition) is 2. The van der Waals surface area contributed by atoms with Gasteiger partial charge in [-0.25, -0.2) is 4.79 Å². The van der Waals surface area contributed by atoms with Crippen LogP contribution >= 0.6 is 11.6 Å². The van der Waals surface area contributed by atoms with E-state index in [1.165, 1.54) is 0 Å². The molecule has 0 aliphatic heterocycles. The summed E-state index contributed by atoms with van der Waals surface area (Å²) in [5.41, 5.74) is 1.00.